The average molecular weight is 295 g/mol. The van der Waals surface area contributed by atoms with E-state index in [-0.39, 0.29) is 0 Å². The normalized spacial score (nSPS) is 14.5. The van der Waals surface area contributed by atoms with Crippen molar-refractivity contribution in [3.63, 3.8) is 0 Å². The summed E-state index contributed by atoms with van der Waals surface area (Å²) in [6.07, 6.45) is 1.89. The summed E-state index contributed by atoms with van der Waals surface area (Å²) in [7, 11) is -3.47. The first-order chi connectivity index (χ1) is 9.15. The highest BCUT2D eigenvalue weighted by Crippen LogP contribution is 2.29. The summed E-state index contributed by atoms with van der Waals surface area (Å²) in [5.74, 6) is 0.852. The molecule has 6 heteroatoms. The summed E-state index contributed by atoms with van der Waals surface area (Å²) >= 11 is 1.20. The maximum atomic E-state index is 12.1. The van der Waals surface area contributed by atoms with Crippen molar-refractivity contribution in [2.24, 2.45) is 0 Å². The fourth-order valence-corrected chi connectivity index (χ4v) is 4.09. The lowest BCUT2D eigenvalue weighted by Crippen LogP contribution is -2.13. The summed E-state index contributed by atoms with van der Waals surface area (Å²) in [6.45, 7) is 0.729. The van der Waals surface area contributed by atoms with Crippen LogP contribution in [0.4, 0.5) is 5.69 Å². The van der Waals surface area contributed by atoms with E-state index in [0.717, 1.165) is 30.8 Å². The number of ether oxygens (including phenoxy) is 1. The zero-order valence-corrected chi connectivity index (χ0v) is 11.8. The Labute approximate surface area is 116 Å². The number of anilines is 1. The highest BCUT2D eigenvalue weighted by Gasteiger charge is 2.17. The van der Waals surface area contributed by atoms with Gasteiger partial charge in [-0.05, 0) is 48.1 Å². The van der Waals surface area contributed by atoms with Crippen molar-refractivity contribution in [1.29, 1.82) is 0 Å². The lowest BCUT2D eigenvalue weighted by atomic mass is 10.1. The van der Waals surface area contributed by atoms with Gasteiger partial charge in [-0.15, -0.1) is 11.3 Å². The molecule has 2 heterocycles. The number of nitrogens with one attached hydrogen (secondary N) is 1. The van der Waals surface area contributed by atoms with E-state index in [1.165, 1.54) is 11.3 Å². The summed E-state index contributed by atoms with van der Waals surface area (Å²) in [5.41, 5.74) is 1.63. The highest BCUT2D eigenvalue weighted by atomic mass is 32.2. The lowest BCUT2D eigenvalue weighted by molar-refractivity contribution is 0.288. The van der Waals surface area contributed by atoms with Crippen LogP contribution in [0, 0.1) is 0 Å². The van der Waals surface area contributed by atoms with Crippen molar-refractivity contribution in [3.8, 4) is 5.75 Å². The number of hydrogen-bond donors (Lipinski definition) is 1. The van der Waals surface area contributed by atoms with Gasteiger partial charge in [0.1, 0.15) is 9.96 Å². The summed E-state index contributed by atoms with van der Waals surface area (Å²) in [6, 6.07) is 8.71. The summed E-state index contributed by atoms with van der Waals surface area (Å²) < 4.78 is 32.6. The molecule has 0 radical (unpaired) electrons. The highest BCUT2D eigenvalue weighted by molar-refractivity contribution is 7.94. The number of thiophene rings is 1. The third-order valence-electron chi connectivity index (χ3n) is 2.92. The Morgan fingerprint density at radius 2 is 2.16 bits per heavy atom. The Morgan fingerprint density at radius 1 is 1.26 bits per heavy atom. The van der Waals surface area contributed by atoms with Crippen molar-refractivity contribution < 1.29 is 13.2 Å². The first-order valence-electron chi connectivity index (χ1n) is 5.97. The number of benzene rings is 1. The number of fused-ring (bicyclic) bond motifs is 1. The standard InChI is InChI=1S/C13H13NO3S2/c15-19(16,13-4-2-8-18-13)14-11-5-6-12-10(9-11)3-1-7-17-12/h2,4-6,8-9,14H,1,3,7H2. The third kappa shape index (κ3) is 2.59. The van der Waals surface area contributed by atoms with Gasteiger partial charge < -0.3 is 4.74 Å². The SMILES string of the molecule is O=S(=O)(Nc1ccc2c(c1)CCCO2)c1cccs1. The van der Waals surface area contributed by atoms with Gasteiger partial charge >= 0.3 is 0 Å². The van der Waals surface area contributed by atoms with Crippen molar-refractivity contribution in [1.82, 2.24) is 0 Å². The zero-order chi connectivity index (χ0) is 13.3. The molecule has 0 atom stereocenters. The topological polar surface area (TPSA) is 55.4 Å². The molecule has 1 aliphatic heterocycles. The Hall–Kier alpha value is -1.53. The number of hydrogen-bond acceptors (Lipinski definition) is 4. The van der Waals surface area contributed by atoms with Crippen LogP contribution in [0.1, 0.15) is 12.0 Å². The van der Waals surface area contributed by atoms with Gasteiger partial charge in [0.2, 0.25) is 0 Å². The minimum atomic E-state index is -3.47. The van der Waals surface area contributed by atoms with E-state index < -0.39 is 10.0 Å². The van der Waals surface area contributed by atoms with E-state index in [1.807, 2.05) is 12.1 Å². The van der Waals surface area contributed by atoms with Crippen LogP contribution in [0.2, 0.25) is 0 Å². The number of rotatable bonds is 3. The molecule has 19 heavy (non-hydrogen) atoms. The quantitative estimate of drug-likeness (QED) is 0.947. The second kappa shape index (κ2) is 4.86. The van der Waals surface area contributed by atoms with Gasteiger partial charge in [0.05, 0.1) is 6.61 Å². The third-order valence-corrected chi connectivity index (χ3v) is 5.70. The van der Waals surface area contributed by atoms with Crippen molar-refractivity contribution in [2.75, 3.05) is 11.3 Å². The molecule has 0 aliphatic carbocycles. The zero-order valence-electron chi connectivity index (χ0n) is 10.1. The van der Waals surface area contributed by atoms with E-state index in [0.29, 0.717) is 9.90 Å². The van der Waals surface area contributed by atoms with Gasteiger partial charge in [-0.25, -0.2) is 8.42 Å². The smallest absolute Gasteiger partial charge is 0.271 e. The Kier molecular flexibility index (Phi) is 3.20. The Bertz CT molecular complexity index is 678. The fourth-order valence-electron chi connectivity index (χ4n) is 2.05. The lowest BCUT2D eigenvalue weighted by Gasteiger charge is -2.18. The molecule has 0 saturated heterocycles. The number of sulfonamides is 1. The van der Waals surface area contributed by atoms with Crippen LogP contribution in [0.15, 0.2) is 39.9 Å². The molecule has 0 bridgehead atoms. The van der Waals surface area contributed by atoms with E-state index in [2.05, 4.69) is 4.72 Å². The van der Waals surface area contributed by atoms with Crippen LogP contribution < -0.4 is 9.46 Å². The fraction of sp³-hybridized carbons (Fsp3) is 0.231. The predicted molar refractivity (Wildman–Crippen MR) is 75.4 cm³/mol. The molecule has 0 fully saturated rings. The van der Waals surface area contributed by atoms with Gasteiger partial charge in [0, 0.05) is 5.69 Å². The molecule has 0 spiro atoms. The molecule has 100 valence electrons. The summed E-state index contributed by atoms with van der Waals surface area (Å²) in [5, 5.41) is 1.75. The molecule has 0 amide bonds. The molecule has 1 aliphatic rings. The van der Waals surface area contributed by atoms with E-state index in [9.17, 15) is 8.42 Å². The molecule has 1 N–H and O–H groups in total. The van der Waals surface area contributed by atoms with E-state index in [1.54, 1.807) is 23.6 Å². The molecule has 0 unspecified atom stereocenters. The molecular formula is C13H13NO3S2. The maximum Gasteiger partial charge on any atom is 0.271 e. The van der Waals surface area contributed by atoms with Gasteiger partial charge in [-0.2, -0.15) is 0 Å². The van der Waals surface area contributed by atoms with E-state index in [4.69, 9.17) is 4.74 Å². The minimum Gasteiger partial charge on any atom is -0.493 e. The van der Waals surface area contributed by atoms with Crippen LogP contribution >= 0.6 is 11.3 Å². The largest absolute Gasteiger partial charge is 0.493 e. The molecule has 4 nitrogen and oxygen atoms in total. The van der Waals surface area contributed by atoms with Gasteiger partial charge in [0.15, 0.2) is 0 Å². The van der Waals surface area contributed by atoms with Gasteiger partial charge in [-0.1, -0.05) is 6.07 Å². The maximum absolute atomic E-state index is 12.1. The predicted octanol–water partition coefficient (Wildman–Crippen LogP) is 2.87. The van der Waals surface area contributed by atoms with Crippen molar-refractivity contribution in [3.05, 3.63) is 41.3 Å². The summed E-state index contributed by atoms with van der Waals surface area (Å²) in [4.78, 5) is 0. The van der Waals surface area contributed by atoms with Crippen LogP contribution in [0.3, 0.4) is 0 Å². The average Bonchev–Trinajstić information content (AvgIpc) is 2.93. The molecule has 1 aromatic carbocycles. The monoisotopic (exact) mass is 295 g/mol. The number of aryl methyl sites for hydroxylation is 1. The first kappa shape index (κ1) is 12.5. The van der Waals surface area contributed by atoms with Crippen LogP contribution in [0.5, 0.6) is 5.75 Å². The molecule has 3 rings (SSSR count). The Morgan fingerprint density at radius 3 is 2.95 bits per heavy atom. The molecule has 0 saturated carbocycles. The second-order valence-corrected chi connectivity index (χ2v) is 7.17. The van der Waals surface area contributed by atoms with Crippen LogP contribution in [-0.2, 0) is 16.4 Å². The molecule has 2 aromatic rings. The Balaban J connectivity index is 1.88. The second-order valence-electron chi connectivity index (χ2n) is 4.31. The van der Waals surface area contributed by atoms with Crippen LogP contribution in [0.25, 0.3) is 0 Å². The van der Waals surface area contributed by atoms with Gasteiger partial charge in [-0.3, -0.25) is 4.72 Å². The van der Waals surface area contributed by atoms with Crippen LogP contribution in [-0.4, -0.2) is 15.0 Å². The first-order valence-corrected chi connectivity index (χ1v) is 8.33. The minimum absolute atomic E-state index is 0.321. The van der Waals surface area contributed by atoms with E-state index >= 15 is 0 Å². The van der Waals surface area contributed by atoms with Crippen molar-refractivity contribution in [2.45, 2.75) is 17.1 Å². The molecular weight excluding hydrogens is 282 g/mol. The van der Waals surface area contributed by atoms with Gasteiger partial charge in [0.25, 0.3) is 10.0 Å². The molecule has 1 aromatic heterocycles. The van der Waals surface area contributed by atoms with Crippen molar-refractivity contribution >= 4 is 27.0 Å².